The standard InChI is InChI=1S/C14H12FN2.BrH/c15-13-6-4-12(5-7-13)11-17-10-9-16-8-2-1-3-14(16)17;/h1-10H,11H2;1H/q+1;/p-1. The van der Waals surface area contributed by atoms with Gasteiger partial charge in [0.2, 0.25) is 0 Å². The number of hydrogen-bond acceptors (Lipinski definition) is 0. The lowest BCUT2D eigenvalue weighted by molar-refractivity contribution is -0.661. The van der Waals surface area contributed by atoms with Crippen molar-refractivity contribution in [1.82, 2.24) is 4.40 Å². The highest BCUT2D eigenvalue weighted by atomic mass is 79.9. The molecule has 3 aromatic rings. The molecule has 0 N–H and O–H groups in total. The second-order valence-corrected chi connectivity index (χ2v) is 4.02. The van der Waals surface area contributed by atoms with Crippen molar-refractivity contribution in [3.63, 3.8) is 0 Å². The Morgan fingerprint density at radius 2 is 1.78 bits per heavy atom. The molecule has 1 aromatic carbocycles. The molecule has 0 unspecified atom stereocenters. The molecule has 3 rings (SSSR count). The van der Waals surface area contributed by atoms with E-state index in [1.165, 1.54) is 12.1 Å². The molecule has 0 atom stereocenters. The fourth-order valence-electron chi connectivity index (χ4n) is 1.97. The first-order valence-electron chi connectivity index (χ1n) is 5.52. The largest absolute Gasteiger partial charge is 1.00 e. The van der Waals surface area contributed by atoms with Gasteiger partial charge in [-0.2, -0.15) is 0 Å². The second kappa shape index (κ2) is 5.31. The van der Waals surface area contributed by atoms with E-state index >= 15 is 0 Å². The lowest BCUT2D eigenvalue weighted by atomic mass is 10.2. The molecule has 0 aliphatic carbocycles. The van der Waals surface area contributed by atoms with Gasteiger partial charge in [-0.1, -0.05) is 18.2 Å². The molecule has 0 bridgehead atoms. The highest BCUT2D eigenvalue weighted by Crippen LogP contribution is 2.04. The molecule has 2 heterocycles. The van der Waals surface area contributed by atoms with Crippen LogP contribution in [0.5, 0.6) is 0 Å². The number of imidazole rings is 1. The Hall–Kier alpha value is -1.68. The van der Waals surface area contributed by atoms with Gasteiger partial charge in [0.05, 0.1) is 6.20 Å². The summed E-state index contributed by atoms with van der Waals surface area (Å²) in [6, 6.07) is 12.7. The van der Waals surface area contributed by atoms with Crippen LogP contribution in [0.1, 0.15) is 5.56 Å². The zero-order valence-electron chi connectivity index (χ0n) is 9.63. The van der Waals surface area contributed by atoms with E-state index in [9.17, 15) is 4.39 Å². The molecule has 0 fully saturated rings. The summed E-state index contributed by atoms with van der Waals surface area (Å²) in [5, 5.41) is 0. The van der Waals surface area contributed by atoms with Gasteiger partial charge in [0, 0.05) is 6.07 Å². The van der Waals surface area contributed by atoms with Crippen molar-refractivity contribution in [3.8, 4) is 0 Å². The molecule has 2 nitrogen and oxygen atoms in total. The van der Waals surface area contributed by atoms with Crippen molar-refractivity contribution in [2.75, 3.05) is 0 Å². The predicted octanol–water partition coefficient (Wildman–Crippen LogP) is -0.582. The Bertz CT molecular complexity index is 646. The third-order valence-electron chi connectivity index (χ3n) is 2.84. The van der Waals surface area contributed by atoms with Crippen molar-refractivity contribution in [3.05, 3.63) is 72.4 Å². The summed E-state index contributed by atoms with van der Waals surface area (Å²) in [6.45, 7) is 0.751. The van der Waals surface area contributed by atoms with Crippen LogP contribution in [0, 0.1) is 5.82 Å². The molecule has 18 heavy (non-hydrogen) atoms. The van der Waals surface area contributed by atoms with Gasteiger partial charge in [-0.25, -0.2) is 13.4 Å². The molecular formula is C14H12BrFN2. The monoisotopic (exact) mass is 306 g/mol. The van der Waals surface area contributed by atoms with E-state index in [1.807, 2.05) is 42.9 Å². The van der Waals surface area contributed by atoms with Gasteiger partial charge >= 0.3 is 0 Å². The summed E-state index contributed by atoms with van der Waals surface area (Å²) in [6.07, 6.45) is 6.05. The molecular weight excluding hydrogens is 295 g/mol. The van der Waals surface area contributed by atoms with Crippen LogP contribution in [0.2, 0.25) is 0 Å². The number of nitrogens with zero attached hydrogens (tertiary/aromatic N) is 2. The highest BCUT2D eigenvalue weighted by Gasteiger charge is 2.08. The average molecular weight is 307 g/mol. The highest BCUT2D eigenvalue weighted by molar-refractivity contribution is 5.31. The number of hydrogen-bond donors (Lipinski definition) is 0. The zero-order chi connectivity index (χ0) is 11.7. The average Bonchev–Trinajstić information content (AvgIpc) is 2.76. The van der Waals surface area contributed by atoms with Gasteiger partial charge in [-0.05, 0) is 23.8 Å². The molecule has 0 aliphatic heterocycles. The van der Waals surface area contributed by atoms with Gasteiger partial charge in [0.25, 0.3) is 5.65 Å². The van der Waals surface area contributed by atoms with Gasteiger partial charge < -0.3 is 17.0 Å². The maximum atomic E-state index is 12.8. The van der Waals surface area contributed by atoms with E-state index < -0.39 is 0 Å². The van der Waals surface area contributed by atoms with Crippen molar-refractivity contribution in [1.29, 1.82) is 0 Å². The second-order valence-electron chi connectivity index (χ2n) is 4.02. The van der Waals surface area contributed by atoms with Crippen LogP contribution in [-0.2, 0) is 6.54 Å². The molecule has 0 radical (unpaired) electrons. The van der Waals surface area contributed by atoms with E-state index in [4.69, 9.17) is 0 Å². The van der Waals surface area contributed by atoms with Gasteiger partial charge in [0.15, 0.2) is 0 Å². The molecule has 0 saturated heterocycles. The Morgan fingerprint density at radius 3 is 2.56 bits per heavy atom. The summed E-state index contributed by atoms with van der Waals surface area (Å²) in [4.78, 5) is 0. The number of halogens is 2. The maximum absolute atomic E-state index is 12.8. The van der Waals surface area contributed by atoms with Crippen LogP contribution in [0.25, 0.3) is 5.65 Å². The Morgan fingerprint density at radius 1 is 1.00 bits per heavy atom. The van der Waals surface area contributed by atoms with Crippen LogP contribution in [-0.4, -0.2) is 4.40 Å². The van der Waals surface area contributed by atoms with Crippen molar-refractivity contribution < 1.29 is 25.9 Å². The van der Waals surface area contributed by atoms with Gasteiger partial charge in [-0.15, -0.1) is 0 Å². The first-order valence-corrected chi connectivity index (χ1v) is 5.52. The summed E-state index contributed by atoms with van der Waals surface area (Å²) in [5.41, 5.74) is 2.21. The molecule has 0 saturated carbocycles. The normalized spacial score (nSPS) is 10.3. The molecule has 0 aliphatic rings. The van der Waals surface area contributed by atoms with Crippen molar-refractivity contribution in [2.24, 2.45) is 0 Å². The zero-order valence-corrected chi connectivity index (χ0v) is 11.2. The quantitative estimate of drug-likeness (QED) is 0.560. The van der Waals surface area contributed by atoms with Crippen LogP contribution in [0.4, 0.5) is 4.39 Å². The van der Waals surface area contributed by atoms with Crippen LogP contribution < -0.4 is 21.5 Å². The van der Waals surface area contributed by atoms with Crippen molar-refractivity contribution in [2.45, 2.75) is 6.54 Å². The SMILES string of the molecule is Fc1ccc(C[n+]2ccn3ccccc32)cc1.[Br-]. The number of pyridine rings is 1. The van der Waals surface area contributed by atoms with E-state index in [0.29, 0.717) is 0 Å². The van der Waals surface area contributed by atoms with E-state index in [2.05, 4.69) is 15.0 Å². The van der Waals surface area contributed by atoms with E-state index in [-0.39, 0.29) is 22.8 Å². The predicted molar refractivity (Wildman–Crippen MR) is 63.1 cm³/mol. The number of benzene rings is 1. The Kier molecular flexibility index (Phi) is 3.77. The lowest BCUT2D eigenvalue weighted by Crippen LogP contribution is -3.00. The fourth-order valence-corrected chi connectivity index (χ4v) is 1.97. The third kappa shape index (κ3) is 2.43. The molecule has 0 spiro atoms. The van der Waals surface area contributed by atoms with Gasteiger partial charge in [-0.3, -0.25) is 0 Å². The van der Waals surface area contributed by atoms with Crippen LogP contribution >= 0.6 is 0 Å². The van der Waals surface area contributed by atoms with E-state index in [0.717, 1.165) is 17.8 Å². The number of fused-ring (bicyclic) bond motifs is 1. The first kappa shape index (κ1) is 12.8. The van der Waals surface area contributed by atoms with E-state index in [1.54, 1.807) is 0 Å². The smallest absolute Gasteiger partial charge is 0.286 e. The fraction of sp³-hybridized carbons (Fsp3) is 0.0714. The first-order chi connectivity index (χ1) is 8.33. The number of aromatic nitrogens is 2. The summed E-state index contributed by atoms with van der Waals surface area (Å²) in [7, 11) is 0. The van der Waals surface area contributed by atoms with Crippen LogP contribution in [0.3, 0.4) is 0 Å². The van der Waals surface area contributed by atoms with Crippen molar-refractivity contribution >= 4 is 5.65 Å². The summed E-state index contributed by atoms with van der Waals surface area (Å²) >= 11 is 0. The van der Waals surface area contributed by atoms with Crippen LogP contribution in [0.15, 0.2) is 61.1 Å². The third-order valence-corrected chi connectivity index (χ3v) is 2.84. The Labute approximate surface area is 115 Å². The topological polar surface area (TPSA) is 8.29 Å². The minimum Gasteiger partial charge on any atom is -1.00 e. The lowest BCUT2D eigenvalue weighted by Gasteiger charge is -1.98. The minimum absolute atomic E-state index is 0. The summed E-state index contributed by atoms with van der Waals surface area (Å²) in [5.74, 6) is -0.194. The Balaban J connectivity index is 0.00000120. The molecule has 2 aromatic heterocycles. The van der Waals surface area contributed by atoms with Gasteiger partial charge in [0.1, 0.15) is 24.8 Å². The summed E-state index contributed by atoms with van der Waals surface area (Å²) < 4.78 is 17.0. The minimum atomic E-state index is -0.194. The maximum Gasteiger partial charge on any atom is 0.286 e. The molecule has 92 valence electrons. The molecule has 4 heteroatoms. The molecule has 0 amide bonds. The number of rotatable bonds is 2.